The van der Waals surface area contributed by atoms with Crippen LogP contribution in [0.1, 0.15) is 29.9 Å². The molecule has 1 aliphatic carbocycles. The van der Waals surface area contributed by atoms with Gasteiger partial charge in [-0.2, -0.15) is 0 Å². The van der Waals surface area contributed by atoms with Crippen molar-refractivity contribution in [2.75, 3.05) is 27.2 Å². The average molecular weight is 466 g/mol. The van der Waals surface area contributed by atoms with E-state index in [0.717, 1.165) is 22.3 Å². The van der Waals surface area contributed by atoms with Crippen molar-refractivity contribution in [2.24, 2.45) is 0 Å². The van der Waals surface area contributed by atoms with Crippen molar-refractivity contribution in [3.05, 3.63) is 72.3 Å². The first-order valence-electron chi connectivity index (χ1n) is 11.2. The van der Waals surface area contributed by atoms with Crippen LogP contribution >= 0.6 is 0 Å². The van der Waals surface area contributed by atoms with E-state index < -0.39 is 30.1 Å². The van der Waals surface area contributed by atoms with Crippen LogP contribution < -0.4 is 10.6 Å². The average Bonchev–Trinajstić information content (AvgIpc) is 3.13. The van der Waals surface area contributed by atoms with Gasteiger partial charge in [0.15, 0.2) is 0 Å². The molecule has 0 heterocycles. The molecule has 1 aliphatic rings. The zero-order chi connectivity index (χ0) is 24.7. The van der Waals surface area contributed by atoms with E-state index in [-0.39, 0.29) is 18.9 Å². The smallest absolute Gasteiger partial charge is 0.407 e. The second-order valence-corrected chi connectivity index (χ2v) is 8.54. The van der Waals surface area contributed by atoms with Crippen molar-refractivity contribution >= 4 is 18.0 Å². The summed E-state index contributed by atoms with van der Waals surface area (Å²) in [5, 5.41) is 14.4. The lowest BCUT2D eigenvalue weighted by molar-refractivity contribution is -0.142. The molecule has 8 nitrogen and oxygen atoms in total. The predicted molar refractivity (Wildman–Crippen MR) is 130 cm³/mol. The maximum Gasteiger partial charge on any atom is 0.407 e. The van der Waals surface area contributed by atoms with Crippen molar-refractivity contribution < 1.29 is 24.2 Å². The maximum atomic E-state index is 12.8. The molecule has 180 valence electrons. The van der Waals surface area contributed by atoms with Gasteiger partial charge in [0.2, 0.25) is 5.91 Å². The molecule has 0 aliphatic heterocycles. The van der Waals surface area contributed by atoms with Gasteiger partial charge in [0.25, 0.3) is 0 Å². The van der Waals surface area contributed by atoms with Gasteiger partial charge < -0.3 is 25.4 Å². The van der Waals surface area contributed by atoms with E-state index in [4.69, 9.17) is 4.74 Å². The summed E-state index contributed by atoms with van der Waals surface area (Å²) in [6, 6.07) is 14.0. The molecule has 0 fully saturated rings. The van der Waals surface area contributed by atoms with Crippen molar-refractivity contribution in [1.82, 2.24) is 15.5 Å². The number of carboxylic acid groups (broad SMARTS) is 1. The third-order valence-electron chi connectivity index (χ3n) is 5.83. The van der Waals surface area contributed by atoms with E-state index >= 15 is 0 Å². The molecule has 2 aromatic carbocycles. The second-order valence-electron chi connectivity index (χ2n) is 8.54. The molecule has 8 heteroatoms. The Balaban J connectivity index is 1.67. The number of alkyl carbamates (subject to hydrolysis) is 1. The highest BCUT2D eigenvalue weighted by molar-refractivity contribution is 5.89. The Morgan fingerprint density at radius 1 is 1.03 bits per heavy atom. The number of carbonyl (C=O) groups excluding carboxylic acids is 2. The SMILES string of the molecule is C=CCC(NC(=O)C(CCN(C)C)NC(=O)OCC1c2ccccc2-c2ccccc21)C(=O)O. The summed E-state index contributed by atoms with van der Waals surface area (Å²) in [7, 11) is 3.69. The van der Waals surface area contributed by atoms with E-state index in [1.807, 2.05) is 55.4 Å². The predicted octanol–water partition coefficient (Wildman–Crippen LogP) is 2.99. The number of benzene rings is 2. The minimum atomic E-state index is -1.17. The number of hydrogen-bond acceptors (Lipinski definition) is 5. The van der Waals surface area contributed by atoms with Crippen molar-refractivity contribution in [1.29, 1.82) is 0 Å². The van der Waals surface area contributed by atoms with Crippen LogP contribution in [0.5, 0.6) is 0 Å². The number of hydrogen-bond donors (Lipinski definition) is 3. The molecule has 0 aromatic heterocycles. The second kappa shape index (κ2) is 11.5. The summed E-state index contributed by atoms with van der Waals surface area (Å²) in [4.78, 5) is 38.7. The van der Waals surface area contributed by atoms with Crippen LogP contribution in [0.3, 0.4) is 0 Å². The number of ether oxygens (including phenoxy) is 1. The molecular weight excluding hydrogens is 434 g/mol. The normalized spacial score (nSPS) is 14.0. The summed E-state index contributed by atoms with van der Waals surface area (Å²) >= 11 is 0. The molecule has 0 saturated carbocycles. The van der Waals surface area contributed by atoms with E-state index in [0.29, 0.717) is 13.0 Å². The summed E-state index contributed by atoms with van der Waals surface area (Å²) in [6.07, 6.45) is 1.07. The Kier molecular flexibility index (Phi) is 8.43. The molecule has 2 aromatic rings. The van der Waals surface area contributed by atoms with Gasteiger partial charge in [-0.3, -0.25) is 4.79 Å². The van der Waals surface area contributed by atoms with Crippen LogP contribution in [-0.4, -0.2) is 67.3 Å². The van der Waals surface area contributed by atoms with Crippen molar-refractivity contribution in [3.8, 4) is 11.1 Å². The minimum absolute atomic E-state index is 0.0758. The van der Waals surface area contributed by atoms with Crippen LogP contribution in [0.25, 0.3) is 11.1 Å². The highest BCUT2D eigenvalue weighted by Gasteiger charge is 2.30. The zero-order valence-electron chi connectivity index (χ0n) is 19.5. The fourth-order valence-corrected chi connectivity index (χ4v) is 4.10. The van der Waals surface area contributed by atoms with E-state index in [9.17, 15) is 19.5 Å². The van der Waals surface area contributed by atoms with Crippen LogP contribution in [-0.2, 0) is 14.3 Å². The van der Waals surface area contributed by atoms with Crippen molar-refractivity contribution in [2.45, 2.75) is 30.8 Å². The van der Waals surface area contributed by atoms with Crippen LogP contribution in [0, 0.1) is 0 Å². The lowest BCUT2D eigenvalue weighted by Gasteiger charge is -2.22. The fourth-order valence-electron chi connectivity index (χ4n) is 4.10. The van der Waals surface area contributed by atoms with Gasteiger partial charge in [-0.05, 0) is 55.7 Å². The van der Waals surface area contributed by atoms with Gasteiger partial charge in [-0.25, -0.2) is 9.59 Å². The molecule has 0 bridgehead atoms. The molecule has 3 N–H and O–H groups in total. The fraction of sp³-hybridized carbons (Fsp3) is 0.346. The molecule has 3 rings (SSSR count). The Morgan fingerprint density at radius 2 is 1.62 bits per heavy atom. The summed E-state index contributed by atoms with van der Waals surface area (Å²) in [5.74, 6) is -1.85. The number of carboxylic acids is 1. The molecule has 2 amide bonds. The van der Waals surface area contributed by atoms with Gasteiger partial charge in [0.05, 0.1) is 0 Å². The minimum Gasteiger partial charge on any atom is -0.480 e. The molecule has 0 saturated heterocycles. The maximum absolute atomic E-state index is 12.8. The van der Waals surface area contributed by atoms with Gasteiger partial charge >= 0.3 is 12.1 Å². The quantitative estimate of drug-likeness (QED) is 0.441. The van der Waals surface area contributed by atoms with E-state index in [1.165, 1.54) is 6.08 Å². The number of carbonyl (C=O) groups is 3. The van der Waals surface area contributed by atoms with Crippen molar-refractivity contribution in [3.63, 3.8) is 0 Å². The highest BCUT2D eigenvalue weighted by Crippen LogP contribution is 2.44. The largest absolute Gasteiger partial charge is 0.480 e. The van der Waals surface area contributed by atoms with Gasteiger partial charge in [-0.15, -0.1) is 6.58 Å². The zero-order valence-corrected chi connectivity index (χ0v) is 19.5. The van der Waals surface area contributed by atoms with Gasteiger partial charge in [0, 0.05) is 5.92 Å². The lowest BCUT2D eigenvalue weighted by Crippen LogP contribution is -2.52. The molecule has 0 spiro atoms. The summed E-state index contributed by atoms with van der Waals surface area (Å²) in [6.45, 7) is 4.16. The third kappa shape index (κ3) is 6.02. The Bertz CT molecular complexity index is 1010. The topological polar surface area (TPSA) is 108 Å². The first-order chi connectivity index (χ1) is 16.3. The Morgan fingerprint density at radius 3 is 2.15 bits per heavy atom. The first kappa shape index (κ1) is 25.0. The Hall–Kier alpha value is -3.65. The highest BCUT2D eigenvalue weighted by atomic mass is 16.5. The number of rotatable bonds is 11. The Labute approximate surface area is 199 Å². The number of aliphatic carboxylic acids is 1. The van der Waals surface area contributed by atoms with Crippen LogP contribution in [0.4, 0.5) is 4.79 Å². The number of fused-ring (bicyclic) bond motifs is 3. The summed E-state index contributed by atoms with van der Waals surface area (Å²) in [5.41, 5.74) is 4.42. The molecule has 2 atom stereocenters. The van der Waals surface area contributed by atoms with Crippen LogP contribution in [0.15, 0.2) is 61.2 Å². The molecule has 34 heavy (non-hydrogen) atoms. The molecule has 2 unspecified atom stereocenters. The molecular formula is C26H31N3O5. The number of nitrogens with zero attached hydrogens (tertiary/aromatic N) is 1. The molecule has 0 radical (unpaired) electrons. The van der Waals surface area contributed by atoms with E-state index in [1.54, 1.807) is 0 Å². The van der Waals surface area contributed by atoms with E-state index in [2.05, 4.69) is 29.3 Å². The van der Waals surface area contributed by atoms with Crippen LogP contribution in [0.2, 0.25) is 0 Å². The first-order valence-corrected chi connectivity index (χ1v) is 11.2. The standard InChI is InChI=1S/C26H31N3O5/c1-4-9-23(25(31)32)27-24(30)22(14-15-29(2)3)28-26(33)34-16-21-19-12-7-5-10-17(19)18-11-6-8-13-20(18)21/h4-8,10-13,21-23H,1,9,14-16H2,2-3H3,(H,27,30)(H,28,33)(H,31,32). The number of nitrogens with one attached hydrogen (secondary N) is 2. The van der Waals surface area contributed by atoms with Gasteiger partial charge in [0.1, 0.15) is 18.7 Å². The lowest BCUT2D eigenvalue weighted by atomic mass is 9.98. The number of amides is 2. The third-order valence-corrected chi connectivity index (χ3v) is 5.83. The summed E-state index contributed by atoms with van der Waals surface area (Å²) < 4.78 is 5.55. The monoisotopic (exact) mass is 465 g/mol. The van der Waals surface area contributed by atoms with Gasteiger partial charge in [-0.1, -0.05) is 54.6 Å².